The standard InChI is InChI=1S/C16H14N2O2S2/c1-11-7-9-13(10-8-11)22(19,20)15-14(18-16(17)21-15)12-5-3-2-4-6-12/h2-10H,1H3,(H2,17,18). The van der Waals surface area contributed by atoms with Crippen LogP contribution in [-0.4, -0.2) is 13.4 Å². The van der Waals surface area contributed by atoms with Crippen molar-refractivity contribution in [1.82, 2.24) is 4.98 Å². The summed E-state index contributed by atoms with van der Waals surface area (Å²) in [5.41, 5.74) is 7.91. The van der Waals surface area contributed by atoms with Gasteiger partial charge in [0.25, 0.3) is 0 Å². The molecule has 1 heterocycles. The van der Waals surface area contributed by atoms with E-state index >= 15 is 0 Å². The van der Waals surface area contributed by atoms with E-state index < -0.39 is 9.84 Å². The third-order valence-electron chi connectivity index (χ3n) is 3.24. The van der Waals surface area contributed by atoms with Gasteiger partial charge in [-0.05, 0) is 19.1 Å². The van der Waals surface area contributed by atoms with Crippen LogP contribution in [0.2, 0.25) is 0 Å². The molecule has 3 aromatic rings. The zero-order chi connectivity index (χ0) is 15.7. The minimum Gasteiger partial charge on any atom is -0.375 e. The molecule has 0 bridgehead atoms. The summed E-state index contributed by atoms with van der Waals surface area (Å²) in [6.45, 7) is 1.91. The van der Waals surface area contributed by atoms with E-state index in [1.54, 1.807) is 24.3 Å². The number of rotatable bonds is 3. The van der Waals surface area contributed by atoms with E-state index in [0.29, 0.717) is 5.69 Å². The molecule has 0 aliphatic carbocycles. The molecule has 0 saturated heterocycles. The van der Waals surface area contributed by atoms with E-state index in [0.717, 1.165) is 22.5 Å². The highest BCUT2D eigenvalue weighted by Gasteiger charge is 2.26. The van der Waals surface area contributed by atoms with Crippen molar-refractivity contribution >= 4 is 26.3 Å². The molecule has 0 saturated carbocycles. The summed E-state index contributed by atoms with van der Waals surface area (Å²) in [4.78, 5) is 4.46. The zero-order valence-electron chi connectivity index (χ0n) is 11.9. The smallest absolute Gasteiger partial charge is 0.218 e. The number of anilines is 1. The van der Waals surface area contributed by atoms with Crippen LogP contribution in [0.25, 0.3) is 11.3 Å². The van der Waals surface area contributed by atoms with E-state index in [4.69, 9.17) is 5.73 Å². The second kappa shape index (κ2) is 5.55. The Morgan fingerprint density at radius 3 is 2.27 bits per heavy atom. The largest absolute Gasteiger partial charge is 0.375 e. The maximum Gasteiger partial charge on any atom is 0.218 e. The Morgan fingerprint density at radius 2 is 1.64 bits per heavy atom. The molecule has 3 rings (SSSR count). The van der Waals surface area contributed by atoms with E-state index in [1.165, 1.54) is 0 Å². The average molecular weight is 330 g/mol. The Labute approximate surface area is 133 Å². The van der Waals surface area contributed by atoms with Crippen LogP contribution in [0.4, 0.5) is 5.13 Å². The van der Waals surface area contributed by atoms with Gasteiger partial charge >= 0.3 is 0 Å². The fourth-order valence-electron chi connectivity index (χ4n) is 2.11. The number of thiazole rings is 1. The lowest BCUT2D eigenvalue weighted by molar-refractivity contribution is 0.598. The average Bonchev–Trinajstić information content (AvgIpc) is 2.91. The minimum atomic E-state index is -3.64. The second-order valence-corrected chi connectivity index (χ2v) is 8.05. The van der Waals surface area contributed by atoms with Crippen LogP contribution in [0.5, 0.6) is 0 Å². The van der Waals surface area contributed by atoms with Crippen LogP contribution in [0, 0.1) is 6.92 Å². The SMILES string of the molecule is Cc1ccc(S(=O)(=O)c2sc(N)nc2-c2ccccc2)cc1. The van der Waals surface area contributed by atoms with E-state index in [-0.39, 0.29) is 14.2 Å². The third kappa shape index (κ3) is 2.63. The summed E-state index contributed by atoms with van der Waals surface area (Å²) in [5.74, 6) is 0. The summed E-state index contributed by atoms with van der Waals surface area (Å²) < 4.78 is 25.9. The molecule has 0 spiro atoms. The molecule has 2 aromatic carbocycles. The summed E-state index contributed by atoms with van der Waals surface area (Å²) in [6, 6.07) is 16.0. The number of hydrogen-bond donors (Lipinski definition) is 1. The molecule has 0 amide bonds. The Bertz CT molecular complexity index is 899. The van der Waals surface area contributed by atoms with Crippen LogP contribution in [-0.2, 0) is 9.84 Å². The van der Waals surface area contributed by atoms with Gasteiger partial charge in [0.05, 0.1) is 4.90 Å². The lowest BCUT2D eigenvalue weighted by atomic mass is 10.2. The molecule has 112 valence electrons. The monoisotopic (exact) mass is 330 g/mol. The fourth-order valence-corrected chi connectivity index (χ4v) is 4.80. The van der Waals surface area contributed by atoms with Crippen LogP contribution in [0.1, 0.15) is 5.56 Å². The molecular weight excluding hydrogens is 316 g/mol. The van der Waals surface area contributed by atoms with Gasteiger partial charge in [0.1, 0.15) is 5.69 Å². The maximum atomic E-state index is 12.9. The number of benzene rings is 2. The van der Waals surface area contributed by atoms with Crippen molar-refractivity contribution < 1.29 is 8.42 Å². The summed E-state index contributed by atoms with van der Waals surface area (Å²) in [7, 11) is -3.64. The van der Waals surface area contributed by atoms with Crippen molar-refractivity contribution in [3.63, 3.8) is 0 Å². The number of nitrogen functional groups attached to an aromatic ring is 1. The number of nitrogens with zero attached hydrogens (tertiary/aromatic N) is 1. The molecule has 22 heavy (non-hydrogen) atoms. The van der Waals surface area contributed by atoms with Gasteiger partial charge in [-0.25, -0.2) is 13.4 Å². The fraction of sp³-hybridized carbons (Fsp3) is 0.0625. The molecule has 0 fully saturated rings. The molecule has 1 aromatic heterocycles. The zero-order valence-corrected chi connectivity index (χ0v) is 13.5. The van der Waals surface area contributed by atoms with Crippen LogP contribution in [0.3, 0.4) is 0 Å². The number of hydrogen-bond acceptors (Lipinski definition) is 5. The molecule has 0 aliphatic heterocycles. The molecule has 6 heteroatoms. The van der Waals surface area contributed by atoms with Crippen LogP contribution >= 0.6 is 11.3 Å². The van der Waals surface area contributed by atoms with Crippen LogP contribution < -0.4 is 5.73 Å². The lowest BCUT2D eigenvalue weighted by Crippen LogP contribution is -2.01. The number of nitrogens with two attached hydrogens (primary N) is 1. The highest BCUT2D eigenvalue weighted by molar-refractivity contribution is 7.93. The molecular formula is C16H14N2O2S2. The summed E-state index contributed by atoms with van der Waals surface area (Å²) in [6.07, 6.45) is 0. The Kier molecular flexibility index (Phi) is 3.72. The molecule has 0 unspecified atom stereocenters. The van der Waals surface area contributed by atoms with Crippen molar-refractivity contribution in [3.8, 4) is 11.3 Å². The van der Waals surface area contributed by atoms with Crippen molar-refractivity contribution in [2.75, 3.05) is 5.73 Å². The van der Waals surface area contributed by atoms with Gasteiger partial charge in [-0.1, -0.05) is 59.4 Å². The van der Waals surface area contributed by atoms with Gasteiger partial charge in [-0.15, -0.1) is 0 Å². The van der Waals surface area contributed by atoms with Crippen molar-refractivity contribution in [2.45, 2.75) is 16.0 Å². The Balaban J connectivity index is 2.18. The first-order valence-electron chi connectivity index (χ1n) is 6.62. The molecule has 0 atom stereocenters. The number of aromatic nitrogens is 1. The minimum absolute atomic E-state index is 0.181. The quantitative estimate of drug-likeness (QED) is 0.797. The molecule has 4 nitrogen and oxygen atoms in total. The highest BCUT2D eigenvalue weighted by Crippen LogP contribution is 2.36. The topological polar surface area (TPSA) is 73.0 Å². The van der Waals surface area contributed by atoms with Crippen molar-refractivity contribution in [2.24, 2.45) is 0 Å². The summed E-state index contributed by atoms with van der Waals surface area (Å²) in [5, 5.41) is 0.240. The Hall–Kier alpha value is -2.18. The first kappa shape index (κ1) is 14.7. The third-order valence-corrected chi connectivity index (χ3v) is 6.40. The van der Waals surface area contributed by atoms with Gasteiger partial charge < -0.3 is 5.73 Å². The molecule has 2 N–H and O–H groups in total. The lowest BCUT2D eigenvalue weighted by Gasteiger charge is -2.05. The number of aryl methyl sites for hydroxylation is 1. The molecule has 0 aliphatic rings. The predicted molar refractivity (Wildman–Crippen MR) is 88.6 cm³/mol. The number of sulfone groups is 1. The van der Waals surface area contributed by atoms with Gasteiger partial charge in [0, 0.05) is 5.56 Å². The van der Waals surface area contributed by atoms with Gasteiger partial charge in [-0.2, -0.15) is 0 Å². The van der Waals surface area contributed by atoms with Gasteiger partial charge in [-0.3, -0.25) is 0 Å². The normalized spacial score (nSPS) is 11.5. The van der Waals surface area contributed by atoms with Gasteiger partial charge in [0.2, 0.25) is 9.84 Å². The maximum absolute atomic E-state index is 12.9. The Morgan fingerprint density at radius 1 is 1.00 bits per heavy atom. The highest BCUT2D eigenvalue weighted by atomic mass is 32.2. The first-order valence-corrected chi connectivity index (χ1v) is 8.92. The van der Waals surface area contributed by atoms with Crippen molar-refractivity contribution in [3.05, 3.63) is 60.2 Å². The predicted octanol–water partition coefficient (Wildman–Crippen LogP) is 3.53. The first-order chi connectivity index (χ1) is 10.5. The summed E-state index contributed by atoms with van der Waals surface area (Å²) >= 11 is 0.994. The van der Waals surface area contributed by atoms with E-state index in [1.807, 2.05) is 37.3 Å². The van der Waals surface area contributed by atoms with Crippen molar-refractivity contribution in [1.29, 1.82) is 0 Å². The van der Waals surface area contributed by atoms with E-state index in [2.05, 4.69) is 4.98 Å². The van der Waals surface area contributed by atoms with E-state index in [9.17, 15) is 8.42 Å². The van der Waals surface area contributed by atoms with Gasteiger partial charge in [0.15, 0.2) is 9.34 Å². The van der Waals surface area contributed by atoms with Crippen LogP contribution in [0.15, 0.2) is 63.7 Å². The molecule has 0 radical (unpaired) electrons. The second-order valence-electron chi connectivity index (χ2n) is 4.87.